The maximum atomic E-state index is 10.6. The molecule has 2 aliphatic heterocycles. The predicted octanol–water partition coefficient (Wildman–Crippen LogP) is 0.691. The quantitative estimate of drug-likeness (QED) is 0.644. The van der Waals surface area contributed by atoms with Gasteiger partial charge >= 0.3 is 11.8 Å². The molecule has 1 aromatic heterocycles. The summed E-state index contributed by atoms with van der Waals surface area (Å²) in [6.45, 7) is 7.43. The summed E-state index contributed by atoms with van der Waals surface area (Å²) in [5, 5.41) is 14.0. The van der Waals surface area contributed by atoms with Gasteiger partial charge in [-0.05, 0) is 11.8 Å². The molecule has 120 valence electrons. The van der Waals surface area contributed by atoms with E-state index >= 15 is 0 Å². The first kappa shape index (κ1) is 18.0. The van der Waals surface area contributed by atoms with Crippen molar-refractivity contribution in [3.63, 3.8) is 0 Å². The third-order valence-electron chi connectivity index (χ3n) is 3.52. The number of hydrogen-bond donors (Lipinski definition) is 1. The van der Waals surface area contributed by atoms with E-state index in [1.165, 1.54) is 6.20 Å². The number of hydrogen-bond acceptors (Lipinski definition) is 6. The van der Waals surface area contributed by atoms with Crippen LogP contribution in [-0.2, 0) is 6.54 Å². The van der Waals surface area contributed by atoms with Crippen LogP contribution in [0.4, 0.5) is 5.82 Å². The average molecular weight is 340 g/mol. The lowest BCUT2D eigenvalue weighted by Gasteiger charge is -2.33. The van der Waals surface area contributed by atoms with Gasteiger partial charge in [-0.15, -0.1) is 24.8 Å². The van der Waals surface area contributed by atoms with Crippen molar-refractivity contribution in [2.24, 2.45) is 0 Å². The fraction of sp³-hybridized carbons (Fsp3) is 0.727. The molecule has 0 radical (unpaired) electrons. The number of nitrogens with one attached hydrogen (secondary N) is 1. The van der Waals surface area contributed by atoms with E-state index in [1.807, 2.05) is 6.92 Å². The molecule has 0 bridgehead atoms. The normalized spacial score (nSPS) is 24.4. The van der Waals surface area contributed by atoms with Gasteiger partial charge in [-0.2, -0.15) is 0 Å². The standard InChI is InChI=1S/C11H17N5O3.2ClH/c1-11(7-14-4-2-12-3-5-14)8-15-6-9(16(17)18)13-10(15)19-11;;/h6,12H,2-5,7-8H2,1H3;2*1H. The van der Waals surface area contributed by atoms with E-state index in [2.05, 4.69) is 15.2 Å². The Hall–Kier alpha value is -1.09. The summed E-state index contributed by atoms with van der Waals surface area (Å²) in [4.78, 5) is 16.4. The Balaban J connectivity index is 0.00000110. The van der Waals surface area contributed by atoms with Crippen molar-refractivity contribution in [2.45, 2.75) is 19.1 Å². The molecule has 1 N–H and O–H groups in total. The second-order valence-corrected chi connectivity index (χ2v) is 5.34. The van der Waals surface area contributed by atoms with Gasteiger partial charge in [0.25, 0.3) is 0 Å². The zero-order chi connectivity index (χ0) is 13.5. The molecule has 21 heavy (non-hydrogen) atoms. The molecule has 2 aliphatic rings. The average Bonchev–Trinajstić information content (AvgIpc) is 2.85. The van der Waals surface area contributed by atoms with Gasteiger partial charge in [-0.3, -0.25) is 9.47 Å². The Bertz CT molecular complexity index is 481. The highest BCUT2D eigenvalue weighted by Crippen LogP contribution is 2.31. The monoisotopic (exact) mass is 339 g/mol. The Morgan fingerprint density at radius 1 is 1.48 bits per heavy atom. The second kappa shape index (κ2) is 6.78. The lowest BCUT2D eigenvalue weighted by atomic mass is 10.1. The summed E-state index contributed by atoms with van der Waals surface area (Å²) in [5.41, 5.74) is -0.352. The van der Waals surface area contributed by atoms with Crippen molar-refractivity contribution < 1.29 is 9.66 Å². The fourth-order valence-corrected chi connectivity index (χ4v) is 2.71. The van der Waals surface area contributed by atoms with Crippen molar-refractivity contribution in [1.29, 1.82) is 0 Å². The first-order valence-electron chi connectivity index (χ1n) is 6.39. The number of piperazine rings is 1. The van der Waals surface area contributed by atoms with Crippen molar-refractivity contribution in [1.82, 2.24) is 19.8 Å². The molecule has 3 rings (SSSR count). The minimum atomic E-state index is -0.498. The minimum Gasteiger partial charge on any atom is -0.436 e. The zero-order valence-corrected chi connectivity index (χ0v) is 13.3. The molecule has 8 nitrogen and oxygen atoms in total. The molecule has 1 atom stereocenters. The zero-order valence-electron chi connectivity index (χ0n) is 11.7. The van der Waals surface area contributed by atoms with Gasteiger partial charge in [0.1, 0.15) is 11.8 Å². The van der Waals surface area contributed by atoms with Gasteiger partial charge in [-0.1, -0.05) is 0 Å². The van der Waals surface area contributed by atoms with Gasteiger partial charge in [0.15, 0.2) is 0 Å². The van der Waals surface area contributed by atoms with E-state index in [1.54, 1.807) is 4.57 Å². The van der Waals surface area contributed by atoms with Gasteiger partial charge < -0.3 is 20.2 Å². The highest BCUT2D eigenvalue weighted by molar-refractivity contribution is 5.85. The molecule has 0 amide bonds. The summed E-state index contributed by atoms with van der Waals surface area (Å²) in [6.07, 6.45) is 1.44. The molecular formula is C11H19Cl2N5O3. The third-order valence-corrected chi connectivity index (χ3v) is 3.52. The number of halogens is 2. The van der Waals surface area contributed by atoms with Crippen LogP contribution in [0.1, 0.15) is 6.92 Å². The van der Waals surface area contributed by atoms with Gasteiger partial charge in [0.05, 0.1) is 6.54 Å². The van der Waals surface area contributed by atoms with Crippen molar-refractivity contribution in [3.05, 3.63) is 16.3 Å². The Kier molecular flexibility index (Phi) is 5.80. The van der Waals surface area contributed by atoms with Crippen molar-refractivity contribution in [2.75, 3.05) is 32.7 Å². The summed E-state index contributed by atoms with van der Waals surface area (Å²) in [5.74, 6) is -0.153. The lowest BCUT2D eigenvalue weighted by Crippen LogP contribution is -2.51. The molecule has 1 fully saturated rings. The first-order chi connectivity index (χ1) is 9.06. The Labute approximate surface area is 134 Å². The predicted molar refractivity (Wildman–Crippen MR) is 81.7 cm³/mol. The van der Waals surface area contributed by atoms with E-state index in [9.17, 15) is 10.1 Å². The number of nitro groups is 1. The van der Waals surface area contributed by atoms with Gasteiger partial charge in [0, 0.05) is 37.7 Å². The number of imidazole rings is 1. The van der Waals surface area contributed by atoms with Crippen LogP contribution < -0.4 is 10.1 Å². The highest BCUT2D eigenvalue weighted by atomic mass is 35.5. The van der Waals surface area contributed by atoms with Crippen molar-refractivity contribution in [3.8, 4) is 6.01 Å². The Morgan fingerprint density at radius 3 is 2.71 bits per heavy atom. The summed E-state index contributed by atoms with van der Waals surface area (Å²) >= 11 is 0. The summed E-state index contributed by atoms with van der Waals surface area (Å²) < 4.78 is 7.54. The Morgan fingerprint density at radius 2 is 2.14 bits per heavy atom. The molecule has 0 aliphatic carbocycles. The number of rotatable bonds is 3. The number of aromatic nitrogens is 2. The minimum absolute atomic E-state index is 0. The van der Waals surface area contributed by atoms with E-state index in [0.717, 1.165) is 32.7 Å². The molecule has 1 aromatic rings. The molecular weight excluding hydrogens is 321 g/mol. The van der Waals surface area contributed by atoms with Crippen LogP contribution in [0.25, 0.3) is 0 Å². The topological polar surface area (TPSA) is 85.5 Å². The van der Waals surface area contributed by atoms with Crippen LogP contribution in [-0.4, -0.2) is 57.7 Å². The van der Waals surface area contributed by atoms with Crippen LogP contribution in [0.3, 0.4) is 0 Å². The second-order valence-electron chi connectivity index (χ2n) is 5.34. The van der Waals surface area contributed by atoms with Crippen molar-refractivity contribution >= 4 is 30.6 Å². The number of fused-ring (bicyclic) bond motifs is 1. The van der Waals surface area contributed by atoms with Crippen LogP contribution in [0, 0.1) is 10.1 Å². The van der Waals surface area contributed by atoms with Crippen LogP contribution in [0.2, 0.25) is 0 Å². The smallest absolute Gasteiger partial charge is 0.415 e. The molecule has 0 saturated carbocycles. The lowest BCUT2D eigenvalue weighted by molar-refractivity contribution is -0.389. The van der Waals surface area contributed by atoms with E-state index < -0.39 is 4.92 Å². The maximum Gasteiger partial charge on any atom is 0.415 e. The largest absolute Gasteiger partial charge is 0.436 e. The molecule has 1 saturated heterocycles. The first-order valence-corrected chi connectivity index (χ1v) is 6.39. The summed E-state index contributed by atoms with van der Waals surface area (Å²) in [6, 6.07) is 0.351. The number of ether oxygens (including phenoxy) is 1. The molecule has 0 spiro atoms. The van der Waals surface area contributed by atoms with E-state index in [-0.39, 0.29) is 36.2 Å². The van der Waals surface area contributed by atoms with Gasteiger partial charge in [0.2, 0.25) is 0 Å². The van der Waals surface area contributed by atoms with Crippen LogP contribution >= 0.6 is 24.8 Å². The van der Waals surface area contributed by atoms with Gasteiger partial charge in [-0.25, -0.2) is 0 Å². The third kappa shape index (κ3) is 3.76. The maximum absolute atomic E-state index is 10.6. The van der Waals surface area contributed by atoms with Crippen LogP contribution in [0.15, 0.2) is 6.20 Å². The van der Waals surface area contributed by atoms with Crippen LogP contribution in [0.5, 0.6) is 6.01 Å². The fourth-order valence-electron chi connectivity index (χ4n) is 2.71. The van der Waals surface area contributed by atoms with E-state index in [4.69, 9.17) is 4.74 Å². The van der Waals surface area contributed by atoms with E-state index in [0.29, 0.717) is 12.6 Å². The SMILES string of the molecule is CC1(CN2CCNCC2)Cn2cc([N+](=O)[O-])nc2O1.Cl.Cl. The molecule has 3 heterocycles. The molecule has 1 unspecified atom stereocenters. The highest BCUT2D eigenvalue weighted by Gasteiger charge is 2.41. The molecule has 10 heteroatoms. The molecule has 0 aromatic carbocycles. The number of nitrogens with zero attached hydrogens (tertiary/aromatic N) is 4. The summed E-state index contributed by atoms with van der Waals surface area (Å²) in [7, 11) is 0.